The number of anilines is 1. The quantitative estimate of drug-likeness (QED) is 0.782. The highest BCUT2D eigenvalue weighted by Crippen LogP contribution is 2.34. The van der Waals surface area contributed by atoms with Gasteiger partial charge < -0.3 is 19.2 Å². The third kappa shape index (κ3) is 2.40. The van der Waals surface area contributed by atoms with Crippen molar-refractivity contribution in [1.29, 1.82) is 0 Å². The standard InChI is InChI=1S/C16H17N5O3/c1-10(22)19-16(14-17-11(2)24-20-14)7-8-21(9-16)15-18-12-5-3-4-6-13(12)23-15/h3-6H,7-9H2,1-2H3,(H,19,22)/t16-/m0/s1. The van der Waals surface area contributed by atoms with E-state index in [1.165, 1.54) is 6.92 Å². The van der Waals surface area contributed by atoms with E-state index in [0.29, 0.717) is 37.2 Å². The molecule has 124 valence electrons. The molecule has 1 saturated heterocycles. The number of carbonyl (C=O) groups excluding carboxylic acids is 1. The Bertz CT molecular complexity index is 869. The van der Waals surface area contributed by atoms with E-state index in [0.717, 1.165) is 11.1 Å². The van der Waals surface area contributed by atoms with Gasteiger partial charge in [-0.25, -0.2) is 0 Å². The van der Waals surface area contributed by atoms with Gasteiger partial charge in [0.25, 0.3) is 6.01 Å². The minimum Gasteiger partial charge on any atom is -0.423 e. The fourth-order valence-electron chi connectivity index (χ4n) is 3.14. The molecular weight excluding hydrogens is 310 g/mol. The molecule has 3 aromatic rings. The van der Waals surface area contributed by atoms with Crippen LogP contribution in [0.4, 0.5) is 6.01 Å². The van der Waals surface area contributed by atoms with Crippen LogP contribution in [0, 0.1) is 6.92 Å². The molecule has 3 heterocycles. The molecule has 24 heavy (non-hydrogen) atoms. The summed E-state index contributed by atoms with van der Waals surface area (Å²) in [7, 11) is 0. The molecule has 4 rings (SSSR count). The zero-order valence-corrected chi connectivity index (χ0v) is 13.4. The zero-order chi connectivity index (χ0) is 16.7. The first-order valence-corrected chi connectivity index (χ1v) is 7.76. The van der Waals surface area contributed by atoms with Gasteiger partial charge in [-0.2, -0.15) is 9.97 Å². The summed E-state index contributed by atoms with van der Waals surface area (Å²) in [4.78, 5) is 22.5. The lowest BCUT2D eigenvalue weighted by molar-refractivity contribution is -0.120. The largest absolute Gasteiger partial charge is 0.423 e. The summed E-state index contributed by atoms with van der Waals surface area (Å²) in [5, 5.41) is 7.00. The van der Waals surface area contributed by atoms with E-state index in [1.807, 2.05) is 29.2 Å². The summed E-state index contributed by atoms with van der Waals surface area (Å²) in [6.45, 7) is 4.35. The molecule has 0 aliphatic carbocycles. The van der Waals surface area contributed by atoms with Crippen molar-refractivity contribution >= 4 is 23.0 Å². The van der Waals surface area contributed by atoms with Gasteiger partial charge in [-0.15, -0.1) is 0 Å². The number of benzene rings is 1. The van der Waals surface area contributed by atoms with E-state index in [-0.39, 0.29) is 5.91 Å². The van der Waals surface area contributed by atoms with Gasteiger partial charge in [0.05, 0.1) is 6.54 Å². The van der Waals surface area contributed by atoms with Crippen LogP contribution in [0.5, 0.6) is 0 Å². The number of carbonyl (C=O) groups is 1. The second-order valence-corrected chi connectivity index (χ2v) is 6.04. The average molecular weight is 327 g/mol. The fraction of sp³-hybridized carbons (Fsp3) is 0.375. The van der Waals surface area contributed by atoms with E-state index in [1.54, 1.807) is 6.92 Å². The number of nitrogens with one attached hydrogen (secondary N) is 1. The second-order valence-electron chi connectivity index (χ2n) is 6.04. The first-order chi connectivity index (χ1) is 11.6. The lowest BCUT2D eigenvalue weighted by atomic mass is 9.97. The van der Waals surface area contributed by atoms with Crippen LogP contribution in [-0.2, 0) is 10.3 Å². The van der Waals surface area contributed by atoms with Gasteiger partial charge in [0.2, 0.25) is 11.8 Å². The molecule has 1 atom stereocenters. The van der Waals surface area contributed by atoms with Crippen LogP contribution >= 0.6 is 0 Å². The van der Waals surface area contributed by atoms with Crippen LogP contribution in [-0.4, -0.2) is 34.1 Å². The molecule has 8 heteroatoms. The van der Waals surface area contributed by atoms with Crippen molar-refractivity contribution in [3.8, 4) is 0 Å². The molecule has 1 aromatic carbocycles. The normalized spacial score (nSPS) is 20.7. The Labute approximate surface area is 137 Å². The Kier molecular flexibility index (Phi) is 3.26. The highest BCUT2D eigenvalue weighted by molar-refractivity contribution is 5.75. The number of hydrogen-bond donors (Lipinski definition) is 1. The van der Waals surface area contributed by atoms with Gasteiger partial charge >= 0.3 is 0 Å². The lowest BCUT2D eigenvalue weighted by Crippen LogP contribution is -2.48. The first kappa shape index (κ1) is 14.7. The first-order valence-electron chi connectivity index (χ1n) is 7.76. The number of fused-ring (bicyclic) bond motifs is 1. The van der Waals surface area contributed by atoms with Gasteiger partial charge in [0.15, 0.2) is 11.4 Å². The number of amides is 1. The Morgan fingerprint density at radius 2 is 2.17 bits per heavy atom. The van der Waals surface area contributed by atoms with E-state index in [9.17, 15) is 4.79 Å². The van der Waals surface area contributed by atoms with E-state index in [2.05, 4.69) is 20.4 Å². The molecule has 0 unspecified atom stereocenters. The van der Waals surface area contributed by atoms with Crippen molar-refractivity contribution in [3.63, 3.8) is 0 Å². The van der Waals surface area contributed by atoms with Gasteiger partial charge in [-0.05, 0) is 18.6 Å². The second kappa shape index (κ2) is 5.33. The monoisotopic (exact) mass is 327 g/mol. The highest BCUT2D eigenvalue weighted by atomic mass is 16.5. The Morgan fingerprint density at radius 3 is 2.88 bits per heavy atom. The predicted molar refractivity (Wildman–Crippen MR) is 85.4 cm³/mol. The molecule has 0 spiro atoms. The number of para-hydroxylation sites is 2. The van der Waals surface area contributed by atoms with Gasteiger partial charge in [-0.3, -0.25) is 4.79 Å². The molecule has 1 amide bonds. The number of rotatable bonds is 3. The third-order valence-electron chi connectivity index (χ3n) is 4.19. The molecular formula is C16H17N5O3. The van der Waals surface area contributed by atoms with Crippen molar-refractivity contribution in [2.24, 2.45) is 0 Å². The summed E-state index contributed by atoms with van der Waals surface area (Å²) >= 11 is 0. The van der Waals surface area contributed by atoms with Crippen LogP contribution in [0.25, 0.3) is 11.1 Å². The van der Waals surface area contributed by atoms with Crippen molar-refractivity contribution < 1.29 is 13.7 Å². The average Bonchev–Trinajstić information content (AvgIpc) is 3.24. The van der Waals surface area contributed by atoms with E-state index < -0.39 is 5.54 Å². The molecule has 1 aliphatic rings. The highest BCUT2D eigenvalue weighted by Gasteiger charge is 2.45. The third-order valence-corrected chi connectivity index (χ3v) is 4.19. The van der Waals surface area contributed by atoms with Crippen LogP contribution in [0.15, 0.2) is 33.2 Å². The van der Waals surface area contributed by atoms with Crippen molar-refractivity contribution in [1.82, 2.24) is 20.4 Å². The molecule has 0 radical (unpaired) electrons. The van der Waals surface area contributed by atoms with Crippen molar-refractivity contribution in [2.45, 2.75) is 25.8 Å². The van der Waals surface area contributed by atoms with Crippen LogP contribution < -0.4 is 10.2 Å². The van der Waals surface area contributed by atoms with E-state index >= 15 is 0 Å². The summed E-state index contributed by atoms with van der Waals surface area (Å²) in [5.41, 5.74) is 0.837. The van der Waals surface area contributed by atoms with Crippen molar-refractivity contribution in [2.75, 3.05) is 18.0 Å². The number of oxazole rings is 1. The molecule has 1 N–H and O–H groups in total. The molecule has 1 fully saturated rings. The SMILES string of the molecule is CC(=O)N[C@@]1(c2noc(C)n2)CCN(c2nc3ccccc3o2)C1. The molecule has 2 aromatic heterocycles. The number of hydrogen-bond acceptors (Lipinski definition) is 7. The maximum Gasteiger partial charge on any atom is 0.298 e. The molecule has 8 nitrogen and oxygen atoms in total. The lowest BCUT2D eigenvalue weighted by Gasteiger charge is -2.26. The Morgan fingerprint density at radius 1 is 1.33 bits per heavy atom. The van der Waals surface area contributed by atoms with Crippen molar-refractivity contribution in [3.05, 3.63) is 36.0 Å². The maximum absolute atomic E-state index is 11.7. The minimum absolute atomic E-state index is 0.142. The number of aryl methyl sites for hydroxylation is 1. The predicted octanol–water partition coefficient (Wildman–Crippen LogP) is 1.76. The summed E-state index contributed by atoms with van der Waals surface area (Å²) < 4.78 is 10.9. The van der Waals surface area contributed by atoms with Gasteiger partial charge in [0.1, 0.15) is 11.1 Å². The van der Waals surface area contributed by atoms with Gasteiger partial charge in [-0.1, -0.05) is 17.3 Å². The number of aromatic nitrogens is 3. The summed E-state index contributed by atoms with van der Waals surface area (Å²) in [6, 6.07) is 8.14. The van der Waals surface area contributed by atoms with Crippen LogP contribution in [0.3, 0.4) is 0 Å². The molecule has 0 saturated carbocycles. The fourth-order valence-corrected chi connectivity index (χ4v) is 3.14. The molecule has 0 bridgehead atoms. The smallest absolute Gasteiger partial charge is 0.298 e. The summed E-state index contributed by atoms with van der Waals surface area (Å²) in [6.07, 6.45) is 0.643. The minimum atomic E-state index is -0.704. The number of nitrogens with zero attached hydrogens (tertiary/aromatic N) is 4. The van der Waals surface area contributed by atoms with Crippen LogP contribution in [0.2, 0.25) is 0 Å². The Hall–Kier alpha value is -2.90. The molecule has 1 aliphatic heterocycles. The van der Waals surface area contributed by atoms with Crippen LogP contribution in [0.1, 0.15) is 25.1 Å². The maximum atomic E-state index is 11.7. The Balaban J connectivity index is 1.67. The zero-order valence-electron chi connectivity index (χ0n) is 13.4. The topological polar surface area (TPSA) is 97.3 Å². The summed E-state index contributed by atoms with van der Waals surface area (Å²) in [5.74, 6) is 0.806. The van der Waals surface area contributed by atoms with E-state index in [4.69, 9.17) is 8.94 Å². The van der Waals surface area contributed by atoms with Gasteiger partial charge in [0, 0.05) is 20.4 Å².